The Balaban J connectivity index is 2.14. The van der Waals surface area contributed by atoms with Gasteiger partial charge in [-0.15, -0.1) is 0 Å². The highest BCUT2D eigenvalue weighted by atomic mass is 16.5. The Bertz CT molecular complexity index is 632. The zero-order valence-electron chi connectivity index (χ0n) is 14.0. The first-order valence-corrected chi connectivity index (χ1v) is 7.97. The van der Waals surface area contributed by atoms with E-state index in [1.165, 1.54) is 20.3 Å². The smallest absolute Gasteiger partial charge is 0.329 e. The fourth-order valence-electron chi connectivity index (χ4n) is 3.03. The van der Waals surface area contributed by atoms with Crippen molar-refractivity contribution in [1.82, 2.24) is 5.32 Å². The fourth-order valence-corrected chi connectivity index (χ4v) is 3.03. The predicted molar refractivity (Wildman–Crippen MR) is 90.2 cm³/mol. The molecule has 1 aromatic rings. The average Bonchev–Trinajstić information content (AvgIpc) is 2.60. The van der Waals surface area contributed by atoms with Crippen LogP contribution in [-0.4, -0.2) is 36.7 Å². The van der Waals surface area contributed by atoms with Crippen LogP contribution in [0.15, 0.2) is 24.3 Å². The minimum atomic E-state index is -1.15. The lowest BCUT2D eigenvalue weighted by atomic mass is 9.81. The van der Waals surface area contributed by atoms with Gasteiger partial charge in [0.1, 0.15) is 5.54 Å². The minimum Gasteiger partial charge on any atom is -0.493 e. The zero-order chi connectivity index (χ0) is 17.6. The number of carbonyl (C=O) groups is 2. The molecular formula is C18H23NO5. The van der Waals surface area contributed by atoms with Crippen molar-refractivity contribution in [3.05, 3.63) is 29.8 Å². The molecular weight excluding hydrogens is 310 g/mol. The van der Waals surface area contributed by atoms with Gasteiger partial charge >= 0.3 is 5.97 Å². The van der Waals surface area contributed by atoms with Gasteiger partial charge in [0, 0.05) is 11.6 Å². The topological polar surface area (TPSA) is 84.9 Å². The van der Waals surface area contributed by atoms with Gasteiger partial charge in [0.2, 0.25) is 5.91 Å². The summed E-state index contributed by atoms with van der Waals surface area (Å²) in [5.41, 5.74) is -0.474. The molecule has 24 heavy (non-hydrogen) atoms. The maximum absolute atomic E-state index is 12.2. The van der Waals surface area contributed by atoms with Crippen LogP contribution in [0.3, 0.4) is 0 Å². The van der Waals surface area contributed by atoms with Crippen LogP contribution in [-0.2, 0) is 9.59 Å². The number of hydrogen-bond acceptors (Lipinski definition) is 4. The number of para-hydroxylation sites is 1. The summed E-state index contributed by atoms with van der Waals surface area (Å²) in [6.07, 6.45) is 6.46. The molecule has 0 radical (unpaired) electrons. The van der Waals surface area contributed by atoms with E-state index in [2.05, 4.69) is 5.32 Å². The molecule has 1 aliphatic carbocycles. The number of hydrogen-bond donors (Lipinski definition) is 2. The number of carbonyl (C=O) groups excluding carboxylic acids is 1. The van der Waals surface area contributed by atoms with Crippen LogP contribution in [0.5, 0.6) is 11.5 Å². The van der Waals surface area contributed by atoms with Gasteiger partial charge in [0.05, 0.1) is 14.2 Å². The first kappa shape index (κ1) is 17.8. The van der Waals surface area contributed by atoms with E-state index < -0.39 is 17.4 Å². The summed E-state index contributed by atoms with van der Waals surface area (Å²) in [4.78, 5) is 23.8. The van der Waals surface area contributed by atoms with E-state index in [0.29, 0.717) is 29.9 Å². The highest BCUT2D eigenvalue weighted by Crippen LogP contribution is 2.32. The summed E-state index contributed by atoms with van der Waals surface area (Å²) in [7, 11) is 3.06. The molecule has 1 fully saturated rings. The lowest BCUT2D eigenvalue weighted by molar-refractivity contribution is -0.148. The molecule has 1 aromatic carbocycles. The summed E-state index contributed by atoms with van der Waals surface area (Å²) in [6, 6.07) is 5.34. The quantitative estimate of drug-likeness (QED) is 0.782. The van der Waals surface area contributed by atoms with Crippen molar-refractivity contribution in [3.8, 4) is 11.5 Å². The number of ether oxygens (including phenoxy) is 2. The van der Waals surface area contributed by atoms with Gasteiger partial charge in [-0.05, 0) is 25.0 Å². The molecule has 1 amide bonds. The van der Waals surface area contributed by atoms with Crippen molar-refractivity contribution in [2.75, 3.05) is 14.2 Å². The second-order valence-electron chi connectivity index (χ2n) is 5.85. The highest BCUT2D eigenvalue weighted by molar-refractivity contribution is 5.96. The Morgan fingerprint density at radius 1 is 1.17 bits per heavy atom. The molecule has 0 atom stereocenters. The number of aliphatic carboxylic acids is 1. The highest BCUT2D eigenvalue weighted by Gasteiger charge is 2.40. The van der Waals surface area contributed by atoms with Crippen LogP contribution in [0.1, 0.15) is 37.7 Å². The van der Waals surface area contributed by atoms with Crippen molar-refractivity contribution < 1.29 is 24.2 Å². The molecule has 2 rings (SSSR count). The molecule has 0 aromatic heterocycles. The average molecular weight is 333 g/mol. The van der Waals surface area contributed by atoms with Gasteiger partial charge < -0.3 is 19.9 Å². The molecule has 2 N–H and O–H groups in total. The SMILES string of the molecule is COc1cccc(C=CC(=O)NC2(C(=O)O)CCCCC2)c1OC. The van der Waals surface area contributed by atoms with E-state index in [1.807, 2.05) is 0 Å². The third-order valence-electron chi connectivity index (χ3n) is 4.33. The van der Waals surface area contributed by atoms with Crippen molar-refractivity contribution in [3.63, 3.8) is 0 Å². The van der Waals surface area contributed by atoms with Crippen LogP contribution < -0.4 is 14.8 Å². The predicted octanol–water partition coefficient (Wildman–Crippen LogP) is 2.62. The van der Waals surface area contributed by atoms with Gasteiger partial charge in [-0.1, -0.05) is 31.4 Å². The number of amides is 1. The maximum atomic E-state index is 12.2. The van der Waals surface area contributed by atoms with Crippen molar-refractivity contribution in [2.24, 2.45) is 0 Å². The first-order chi connectivity index (χ1) is 11.5. The van der Waals surface area contributed by atoms with Crippen molar-refractivity contribution in [1.29, 1.82) is 0 Å². The Morgan fingerprint density at radius 2 is 1.88 bits per heavy atom. The number of carboxylic acid groups (broad SMARTS) is 1. The maximum Gasteiger partial charge on any atom is 0.329 e. The van der Waals surface area contributed by atoms with E-state index in [1.54, 1.807) is 24.3 Å². The molecule has 1 aliphatic rings. The minimum absolute atomic E-state index is 0.427. The molecule has 0 heterocycles. The molecule has 0 unspecified atom stereocenters. The van der Waals surface area contributed by atoms with Crippen LogP contribution in [0.2, 0.25) is 0 Å². The number of carboxylic acids is 1. The number of nitrogens with one attached hydrogen (secondary N) is 1. The van der Waals surface area contributed by atoms with E-state index in [9.17, 15) is 14.7 Å². The Kier molecular flexibility index (Phi) is 5.84. The Labute approximate surface area is 141 Å². The van der Waals surface area contributed by atoms with Gasteiger partial charge in [0.25, 0.3) is 0 Å². The Hall–Kier alpha value is -2.50. The van der Waals surface area contributed by atoms with E-state index in [-0.39, 0.29) is 0 Å². The molecule has 6 heteroatoms. The van der Waals surface area contributed by atoms with Crippen molar-refractivity contribution >= 4 is 18.0 Å². The summed E-state index contributed by atoms with van der Waals surface area (Å²) in [6.45, 7) is 0. The first-order valence-electron chi connectivity index (χ1n) is 7.97. The number of methoxy groups -OCH3 is 2. The molecule has 0 saturated heterocycles. The number of rotatable bonds is 6. The third-order valence-corrected chi connectivity index (χ3v) is 4.33. The van der Waals surface area contributed by atoms with Crippen LogP contribution in [0.25, 0.3) is 6.08 Å². The number of benzene rings is 1. The molecule has 0 bridgehead atoms. The largest absolute Gasteiger partial charge is 0.493 e. The zero-order valence-corrected chi connectivity index (χ0v) is 14.0. The van der Waals surface area contributed by atoms with Crippen molar-refractivity contribution in [2.45, 2.75) is 37.6 Å². The molecule has 130 valence electrons. The van der Waals surface area contributed by atoms with E-state index in [0.717, 1.165) is 19.3 Å². The third kappa shape index (κ3) is 3.88. The second kappa shape index (κ2) is 7.86. The van der Waals surface area contributed by atoms with Gasteiger partial charge in [-0.3, -0.25) is 4.79 Å². The molecule has 0 spiro atoms. The van der Waals surface area contributed by atoms with Gasteiger partial charge in [0.15, 0.2) is 11.5 Å². The molecule has 0 aliphatic heterocycles. The lowest BCUT2D eigenvalue weighted by Gasteiger charge is -2.33. The monoisotopic (exact) mass is 333 g/mol. The van der Waals surface area contributed by atoms with Gasteiger partial charge in [-0.25, -0.2) is 4.79 Å². The van der Waals surface area contributed by atoms with E-state index in [4.69, 9.17) is 9.47 Å². The lowest BCUT2D eigenvalue weighted by Crippen LogP contribution is -2.55. The fraction of sp³-hybridized carbons (Fsp3) is 0.444. The van der Waals surface area contributed by atoms with Crippen LogP contribution in [0, 0.1) is 0 Å². The summed E-state index contributed by atoms with van der Waals surface area (Å²) in [5.74, 6) is -0.309. The summed E-state index contributed by atoms with van der Waals surface area (Å²) < 4.78 is 10.5. The van der Waals surface area contributed by atoms with E-state index >= 15 is 0 Å². The standard InChI is InChI=1S/C18H23NO5/c1-23-14-8-6-7-13(16(14)24-2)9-10-15(20)19-18(17(21)22)11-4-3-5-12-18/h6-10H,3-5,11-12H2,1-2H3,(H,19,20)(H,21,22). The summed E-state index contributed by atoms with van der Waals surface area (Å²) in [5, 5.41) is 12.2. The summed E-state index contributed by atoms with van der Waals surface area (Å²) >= 11 is 0. The van der Waals surface area contributed by atoms with Gasteiger partial charge in [-0.2, -0.15) is 0 Å². The normalized spacial score (nSPS) is 16.6. The molecule has 1 saturated carbocycles. The second-order valence-corrected chi connectivity index (χ2v) is 5.85. The van der Waals surface area contributed by atoms with Crippen LogP contribution in [0.4, 0.5) is 0 Å². The molecule has 6 nitrogen and oxygen atoms in total. The Morgan fingerprint density at radius 3 is 2.46 bits per heavy atom. The van der Waals surface area contributed by atoms with Crippen LogP contribution >= 0.6 is 0 Å².